The number of oxazole rings is 1. The zero-order valence-electron chi connectivity index (χ0n) is 18.8. The van der Waals surface area contributed by atoms with E-state index in [0.29, 0.717) is 18.9 Å². The molecule has 0 atom stereocenters. The smallest absolute Gasteiger partial charge is 0.385 e. The Bertz CT molecular complexity index is 1020. The van der Waals surface area contributed by atoms with E-state index >= 15 is 0 Å². The molecule has 172 valence electrons. The molecule has 0 aliphatic rings. The van der Waals surface area contributed by atoms with Crippen molar-refractivity contribution in [3.63, 3.8) is 0 Å². The van der Waals surface area contributed by atoms with Gasteiger partial charge in [0.25, 0.3) is 0 Å². The first kappa shape index (κ1) is 23.9. The second-order valence-corrected chi connectivity index (χ2v) is 8.75. The second kappa shape index (κ2) is 11.2. The van der Waals surface area contributed by atoms with E-state index in [2.05, 4.69) is 10.3 Å². The third kappa shape index (κ3) is 5.91. The van der Waals surface area contributed by atoms with Gasteiger partial charge >= 0.3 is 7.60 Å². The highest BCUT2D eigenvalue weighted by atomic mass is 31.2. The molecular weight excluding hydrogens is 431 g/mol. The lowest BCUT2D eigenvalue weighted by molar-refractivity contribution is 0.229. The molecule has 0 saturated heterocycles. The van der Waals surface area contributed by atoms with Crippen LogP contribution in [0.25, 0.3) is 0 Å². The van der Waals surface area contributed by atoms with Crippen molar-refractivity contribution in [2.45, 2.75) is 26.8 Å². The Morgan fingerprint density at radius 2 is 1.41 bits per heavy atom. The van der Waals surface area contributed by atoms with Gasteiger partial charge in [0.15, 0.2) is 0 Å². The summed E-state index contributed by atoms with van der Waals surface area (Å²) in [5.41, 5.74) is 2.12. The van der Waals surface area contributed by atoms with Crippen molar-refractivity contribution >= 4 is 18.9 Å². The Labute approximate surface area is 188 Å². The second-order valence-electron chi connectivity index (χ2n) is 6.82. The van der Waals surface area contributed by atoms with Crippen LogP contribution in [-0.4, -0.2) is 32.4 Å². The summed E-state index contributed by atoms with van der Waals surface area (Å²) in [6, 6.07) is 15.2. The Balaban J connectivity index is 1.88. The molecule has 2 aromatic carbocycles. The van der Waals surface area contributed by atoms with E-state index in [-0.39, 0.29) is 24.5 Å². The summed E-state index contributed by atoms with van der Waals surface area (Å²) in [6.07, 6.45) is 0.416. The van der Waals surface area contributed by atoms with Crippen molar-refractivity contribution in [1.29, 1.82) is 0 Å². The molecule has 3 aromatic rings. The third-order valence-electron chi connectivity index (χ3n) is 4.64. The standard InChI is InChI=1S/C23H29N2O6P/c1-5-29-32(26,30-6-2)23-22(24-16-18-9-13-20(28-4)14-10-18)31-21(25-23)15-17-7-11-19(27-3)12-8-17/h7-14,24H,5-6,15-16H2,1-4H3. The summed E-state index contributed by atoms with van der Waals surface area (Å²) in [6.45, 7) is 4.39. The minimum atomic E-state index is -3.65. The predicted octanol–water partition coefficient (Wildman–Crippen LogP) is 4.79. The van der Waals surface area contributed by atoms with Gasteiger partial charge in [-0.1, -0.05) is 24.3 Å². The molecule has 8 nitrogen and oxygen atoms in total. The van der Waals surface area contributed by atoms with Crippen molar-refractivity contribution < 1.29 is 27.5 Å². The van der Waals surface area contributed by atoms with Gasteiger partial charge in [-0.3, -0.25) is 4.57 Å². The van der Waals surface area contributed by atoms with Gasteiger partial charge in [-0.05, 0) is 49.2 Å². The summed E-state index contributed by atoms with van der Waals surface area (Å²) in [5, 5.41) is 3.19. The molecule has 0 spiro atoms. The normalized spacial score (nSPS) is 11.4. The average Bonchev–Trinajstić information content (AvgIpc) is 3.22. The summed E-state index contributed by atoms with van der Waals surface area (Å²) in [5.74, 6) is 2.21. The lowest BCUT2D eigenvalue weighted by Crippen LogP contribution is -2.16. The lowest BCUT2D eigenvalue weighted by atomic mass is 10.1. The van der Waals surface area contributed by atoms with Crippen molar-refractivity contribution in [2.24, 2.45) is 0 Å². The molecule has 0 aliphatic carbocycles. The zero-order chi connectivity index (χ0) is 23.0. The SMILES string of the molecule is CCOP(=O)(OCC)c1nc(Cc2ccc(OC)cc2)oc1NCc1ccc(OC)cc1. The number of nitrogens with one attached hydrogen (secondary N) is 1. The van der Waals surface area contributed by atoms with E-state index < -0.39 is 7.60 Å². The van der Waals surface area contributed by atoms with Crippen LogP contribution >= 0.6 is 7.60 Å². The molecule has 0 radical (unpaired) electrons. The number of ether oxygens (including phenoxy) is 2. The van der Waals surface area contributed by atoms with Crippen molar-refractivity contribution in [2.75, 3.05) is 32.8 Å². The lowest BCUT2D eigenvalue weighted by Gasteiger charge is -2.15. The van der Waals surface area contributed by atoms with Crippen LogP contribution in [0.2, 0.25) is 0 Å². The molecule has 1 heterocycles. The molecule has 32 heavy (non-hydrogen) atoms. The average molecular weight is 460 g/mol. The maximum atomic E-state index is 13.4. The summed E-state index contributed by atoms with van der Waals surface area (Å²) >= 11 is 0. The van der Waals surface area contributed by atoms with Gasteiger partial charge in [0.1, 0.15) is 11.5 Å². The van der Waals surface area contributed by atoms with E-state index in [9.17, 15) is 4.57 Å². The molecule has 0 aliphatic heterocycles. The molecule has 0 fully saturated rings. The number of benzene rings is 2. The number of hydrogen-bond donors (Lipinski definition) is 1. The molecule has 0 bridgehead atoms. The largest absolute Gasteiger partial charge is 0.497 e. The summed E-state index contributed by atoms with van der Waals surface area (Å²) in [7, 11) is -0.405. The molecule has 0 unspecified atom stereocenters. The van der Waals surface area contributed by atoms with Gasteiger partial charge in [-0.15, -0.1) is 0 Å². The van der Waals surface area contributed by atoms with Gasteiger partial charge in [0, 0.05) is 13.0 Å². The van der Waals surface area contributed by atoms with Crippen LogP contribution in [0.4, 0.5) is 5.88 Å². The Morgan fingerprint density at radius 3 is 1.91 bits per heavy atom. The first-order chi connectivity index (χ1) is 15.5. The van der Waals surface area contributed by atoms with Gasteiger partial charge in [-0.2, -0.15) is 0 Å². The third-order valence-corrected chi connectivity index (χ3v) is 6.66. The van der Waals surface area contributed by atoms with Crippen LogP contribution in [0.15, 0.2) is 52.9 Å². The van der Waals surface area contributed by atoms with E-state index in [1.807, 2.05) is 48.5 Å². The topological polar surface area (TPSA) is 92.1 Å². The fourth-order valence-electron chi connectivity index (χ4n) is 3.07. The van der Waals surface area contributed by atoms with Crippen LogP contribution in [0.3, 0.4) is 0 Å². The van der Waals surface area contributed by atoms with E-state index in [1.165, 1.54) is 0 Å². The van der Waals surface area contributed by atoms with Crippen LogP contribution in [0.1, 0.15) is 30.9 Å². The number of anilines is 1. The molecule has 0 amide bonds. The van der Waals surface area contributed by atoms with Crippen LogP contribution in [-0.2, 0) is 26.6 Å². The van der Waals surface area contributed by atoms with Gasteiger partial charge in [-0.25, -0.2) is 4.98 Å². The number of aromatic nitrogens is 1. The van der Waals surface area contributed by atoms with Gasteiger partial charge in [0.05, 0.1) is 27.4 Å². The summed E-state index contributed by atoms with van der Waals surface area (Å²) in [4.78, 5) is 4.50. The Kier molecular flexibility index (Phi) is 8.33. The number of rotatable bonds is 12. The van der Waals surface area contributed by atoms with Crippen LogP contribution < -0.4 is 20.2 Å². The maximum absolute atomic E-state index is 13.4. The fraction of sp³-hybridized carbons (Fsp3) is 0.348. The summed E-state index contributed by atoms with van der Waals surface area (Å²) < 4.78 is 40.8. The first-order valence-corrected chi connectivity index (χ1v) is 11.9. The van der Waals surface area contributed by atoms with Crippen molar-refractivity contribution in [1.82, 2.24) is 4.98 Å². The first-order valence-electron chi connectivity index (χ1n) is 10.4. The minimum Gasteiger partial charge on any atom is -0.497 e. The Hall–Kier alpha value is -2.80. The van der Waals surface area contributed by atoms with Gasteiger partial charge < -0.3 is 28.3 Å². The monoisotopic (exact) mass is 460 g/mol. The predicted molar refractivity (Wildman–Crippen MR) is 123 cm³/mol. The highest BCUT2D eigenvalue weighted by Crippen LogP contribution is 2.48. The number of nitrogens with zero attached hydrogens (tertiary/aromatic N) is 1. The van der Waals surface area contributed by atoms with Crippen molar-refractivity contribution in [3.05, 3.63) is 65.5 Å². The minimum absolute atomic E-state index is 0.151. The van der Waals surface area contributed by atoms with E-state index in [4.69, 9.17) is 22.9 Å². The highest BCUT2D eigenvalue weighted by Gasteiger charge is 2.35. The maximum Gasteiger partial charge on any atom is 0.385 e. The molecule has 0 saturated carbocycles. The van der Waals surface area contributed by atoms with Crippen LogP contribution in [0, 0.1) is 0 Å². The molecule has 1 N–H and O–H groups in total. The quantitative estimate of drug-likeness (QED) is 0.386. The van der Waals surface area contributed by atoms with E-state index in [0.717, 1.165) is 22.6 Å². The zero-order valence-corrected chi connectivity index (χ0v) is 19.7. The number of methoxy groups -OCH3 is 2. The van der Waals surface area contributed by atoms with Gasteiger partial charge in [0.2, 0.25) is 17.2 Å². The number of hydrogen-bond acceptors (Lipinski definition) is 8. The van der Waals surface area contributed by atoms with Crippen LogP contribution in [0.5, 0.6) is 11.5 Å². The fourth-order valence-corrected chi connectivity index (χ4v) is 4.68. The Morgan fingerprint density at radius 1 is 0.875 bits per heavy atom. The molecule has 9 heteroatoms. The molecular formula is C23H29N2O6P. The van der Waals surface area contributed by atoms with E-state index in [1.54, 1.807) is 28.1 Å². The molecule has 3 rings (SSSR count). The molecule has 1 aromatic heterocycles. The van der Waals surface area contributed by atoms with Crippen molar-refractivity contribution in [3.8, 4) is 11.5 Å². The highest BCUT2D eigenvalue weighted by molar-refractivity contribution is 7.62.